The summed E-state index contributed by atoms with van der Waals surface area (Å²) < 4.78 is 0. The summed E-state index contributed by atoms with van der Waals surface area (Å²) in [6.45, 7) is -0.0834. The van der Waals surface area contributed by atoms with Crippen molar-refractivity contribution in [3.05, 3.63) is 39.9 Å². The van der Waals surface area contributed by atoms with Gasteiger partial charge < -0.3 is 9.94 Å². The Balaban J connectivity index is 2.14. The number of oxime groups is 1. The molecule has 1 N–H and O–H groups in total. The van der Waals surface area contributed by atoms with E-state index in [1.165, 1.54) is 12.1 Å². The number of hydrogen-bond donors (Lipinski definition) is 1. The molecule has 1 atom stereocenters. The number of aliphatic hydroxyl groups is 1. The van der Waals surface area contributed by atoms with Gasteiger partial charge in [0.1, 0.15) is 0 Å². The zero-order valence-corrected chi connectivity index (χ0v) is 8.37. The highest BCUT2D eigenvalue weighted by Gasteiger charge is 2.21. The number of hydrogen-bond acceptors (Lipinski definition) is 5. The van der Waals surface area contributed by atoms with Crippen LogP contribution in [-0.4, -0.2) is 28.5 Å². The fraction of sp³-hybridized carbons (Fsp3) is 0.300. The molecule has 0 spiro atoms. The molecule has 6 nitrogen and oxygen atoms in total. The van der Waals surface area contributed by atoms with Gasteiger partial charge in [0.2, 0.25) is 0 Å². The van der Waals surface area contributed by atoms with Gasteiger partial charge in [-0.15, -0.1) is 0 Å². The van der Waals surface area contributed by atoms with Crippen LogP contribution in [0.5, 0.6) is 0 Å². The Kier molecular flexibility index (Phi) is 2.82. The third kappa shape index (κ3) is 2.01. The van der Waals surface area contributed by atoms with Crippen LogP contribution < -0.4 is 0 Å². The molecule has 1 aromatic rings. The minimum Gasteiger partial charge on any atom is -0.392 e. The fourth-order valence-corrected chi connectivity index (χ4v) is 1.47. The molecule has 0 aromatic heterocycles. The predicted molar refractivity (Wildman–Crippen MR) is 56.2 cm³/mol. The van der Waals surface area contributed by atoms with E-state index in [0.717, 1.165) is 5.56 Å². The van der Waals surface area contributed by atoms with Gasteiger partial charge in [0.15, 0.2) is 6.10 Å². The molecule has 0 aliphatic carbocycles. The highest BCUT2D eigenvalue weighted by molar-refractivity contribution is 6.01. The van der Waals surface area contributed by atoms with Gasteiger partial charge in [-0.1, -0.05) is 5.16 Å². The van der Waals surface area contributed by atoms with E-state index in [1.807, 2.05) is 0 Å². The van der Waals surface area contributed by atoms with Crippen LogP contribution in [0.2, 0.25) is 0 Å². The van der Waals surface area contributed by atoms with Crippen LogP contribution in [0.3, 0.4) is 0 Å². The summed E-state index contributed by atoms with van der Waals surface area (Å²) in [5, 5.41) is 23.1. The predicted octanol–water partition coefficient (Wildman–Crippen LogP) is 1.08. The molecule has 2 rings (SSSR count). The van der Waals surface area contributed by atoms with E-state index in [0.29, 0.717) is 12.1 Å². The molecule has 1 aromatic carbocycles. The summed E-state index contributed by atoms with van der Waals surface area (Å²) in [6.07, 6.45) is 0.221. The van der Waals surface area contributed by atoms with Crippen molar-refractivity contribution in [1.82, 2.24) is 0 Å². The zero-order chi connectivity index (χ0) is 11.5. The largest absolute Gasteiger partial charge is 0.392 e. The standard InChI is InChI=1S/C10H10N2O4/c13-6-9-5-10(11-16-9)7-1-3-8(4-2-7)12(14)15/h1-4,9,13H,5-6H2. The van der Waals surface area contributed by atoms with Crippen LogP contribution >= 0.6 is 0 Å². The summed E-state index contributed by atoms with van der Waals surface area (Å²) in [6, 6.07) is 6.09. The maximum atomic E-state index is 10.4. The molecule has 1 aliphatic heterocycles. The molecule has 1 unspecified atom stereocenters. The van der Waals surface area contributed by atoms with Gasteiger partial charge in [0, 0.05) is 18.6 Å². The Labute approximate surface area is 91.3 Å². The maximum Gasteiger partial charge on any atom is 0.269 e. The van der Waals surface area contributed by atoms with E-state index in [9.17, 15) is 10.1 Å². The Bertz CT molecular complexity index is 427. The molecule has 0 bridgehead atoms. The molecular weight excluding hydrogens is 212 g/mol. The van der Waals surface area contributed by atoms with Gasteiger partial charge in [-0.2, -0.15) is 0 Å². The van der Waals surface area contributed by atoms with Crippen LogP contribution in [0.15, 0.2) is 29.4 Å². The van der Waals surface area contributed by atoms with Gasteiger partial charge in [0.25, 0.3) is 5.69 Å². The fourth-order valence-electron chi connectivity index (χ4n) is 1.47. The molecule has 16 heavy (non-hydrogen) atoms. The molecule has 1 heterocycles. The number of non-ortho nitro benzene ring substituents is 1. The smallest absolute Gasteiger partial charge is 0.269 e. The second-order valence-electron chi connectivity index (χ2n) is 3.46. The zero-order valence-electron chi connectivity index (χ0n) is 8.37. The van der Waals surface area contributed by atoms with Gasteiger partial charge in [-0.05, 0) is 17.7 Å². The van der Waals surface area contributed by atoms with E-state index in [1.54, 1.807) is 12.1 Å². The number of nitro groups is 1. The van der Waals surface area contributed by atoms with Crippen molar-refractivity contribution in [1.29, 1.82) is 0 Å². The lowest BCUT2D eigenvalue weighted by Gasteiger charge is -2.01. The number of nitro benzene ring substituents is 1. The van der Waals surface area contributed by atoms with Crippen LogP contribution in [0.4, 0.5) is 5.69 Å². The van der Waals surface area contributed by atoms with Crippen molar-refractivity contribution < 1.29 is 14.9 Å². The van der Waals surface area contributed by atoms with Crippen molar-refractivity contribution in [2.24, 2.45) is 5.16 Å². The van der Waals surface area contributed by atoms with Gasteiger partial charge in [-0.3, -0.25) is 10.1 Å². The second kappa shape index (κ2) is 4.28. The number of benzene rings is 1. The minimum atomic E-state index is -0.451. The molecule has 0 radical (unpaired) electrons. The molecule has 6 heteroatoms. The normalized spacial score (nSPS) is 19.1. The van der Waals surface area contributed by atoms with Crippen LogP contribution in [0.25, 0.3) is 0 Å². The maximum absolute atomic E-state index is 10.4. The SMILES string of the molecule is O=[N+]([O-])c1ccc(C2=NOC(CO)C2)cc1. The Hall–Kier alpha value is -1.95. The van der Waals surface area contributed by atoms with Gasteiger partial charge in [0.05, 0.1) is 17.2 Å². The Morgan fingerprint density at radius 3 is 2.69 bits per heavy atom. The van der Waals surface area contributed by atoms with Crippen LogP contribution in [0, 0.1) is 10.1 Å². The Morgan fingerprint density at radius 2 is 2.19 bits per heavy atom. The van der Waals surface area contributed by atoms with E-state index in [4.69, 9.17) is 9.94 Å². The first-order valence-corrected chi connectivity index (χ1v) is 4.79. The molecular formula is C10H10N2O4. The van der Waals surface area contributed by atoms with E-state index >= 15 is 0 Å². The summed E-state index contributed by atoms with van der Waals surface area (Å²) in [7, 11) is 0. The van der Waals surface area contributed by atoms with Crippen LogP contribution in [0.1, 0.15) is 12.0 Å². The molecule has 0 saturated carbocycles. The second-order valence-corrected chi connectivity index (χ2v) is 3.46. The van der Waals surface area contributed by atoms with E-state index < -0.39 is 4.92 Å². The topological polar surface area (TPSA) is 85.0 Å². The highest BCUT2D eigenvalue weighted by atomic mass is 16.6. The summed E-state index contributed by atoms with van der Waals surface area (Å²) in [5.74, 6) is 0. The molecule has 1 aliphatic rings. The highest BCUT2D eigenvalue weighted by Crippen LogP contribution is 2.18. The lowest BCUT2D eigenvalue weighted by Crippen LogP contribution is -2.12. The molecule has 0 fully saturated rings. The minimum absolute atomic E-state index is 0.0435. The lowest BCUT2D eigenvalue weighted by atomic mass is 10.1. The van der Waals surface area contributed by atoms with Crippen LogP contribution in [-0.2, 0) is 4.84 Å². The third-order valence-electron chi connectivity index (χ3n) is 2.35. The first kappa shape index (κ1) is 10.6. The number of rotatable bonds is 3. The average molecular weight is 222 g/mol. The summed E-state index contributed by atoms with van der Waals surface area (Å²) in [4.78, 5) is 14.9. The summed E-state index contributed by atoms with van der Waals surface area (Å²) in [5.41, 5.74) is 1.53. The van der Waals surface area contributed by atoms with Gasteiger partial charge in [-0.25, -0.2) is 0 Å². The van der Waals surface area contributed by atoms with E-state index in [-0.39, 0.29) is 18.4 Å². The van der Waals surface area contributed by atoms with Crippen molar-refractivity contribution in [2.45, 2.75) is 12.5 Å². The average Bonchev–Trinajstić information content (AvgIpc) is 2.77. The summed E-state index contributed by atoms with van der Waals surface area (Å²) >= 11 is 0. The molecule has 0 amide bonds. The first-order valence-electron chi connectivity index (χ1n) is 4.79. The quantitative estimate of drug-likeness (QED) is 0.612. The first-order chi connectivity index (χ1) is 7.70. The number of nitrogens with zero attached hydrogens (tertiary/aromatic N) is 2. The van der Waals surface area contributed by atoms with Crippen molar-refractivity contribution >= 4 is 11.4 Å². The van der Waals surface area contributed by atoms with Crippen molar-refractivity contribution in [3.8, 4) is 0 Å². The molecule has 84 valence electrons. The number of aliphatic hydroxyl groups excluding tert-OH is 1. The van der Waals surface area contributed by atoms with E-state index in [2.05, 4.69) is 5.16 Å². The monoisotopic (exact) mass is 222 g/mol. The Morgan fingerprint density at radius 1 is 1.50 bits per heavy atom. The molecule has 0 saturated heterocycles. The van der Waals surface area contributed by atoms with Crippen molar-refractivity contribution in [2.75, 3.05) is 6.61 Å². The third-order valence-corrected chi connectivity index (χ3v) is 2.35. The lowest BCUT2D eigenvalue weighted by molar-refractivity contribution is -0.384. The van der Waals surface area contributed by atoms with Crippen molar-refractivity contribution in [3.63, 3.8) is 0 Å². The van der Waals surface area contributed by atoms with Gasteiger partial charge >= 0.3 is 0 Å².